The van der Waals surface area contributed by atoms with Gasteiger partial charge < -0.3 is 28.9 Å². The van der Waals surface area contributed by atoms with E-state index in [9.17, 15) is 10.0 Å². The van der Waals surface area contributed by atoms with Crippen LogP contribution in [-0.4, -0.2) is 48.4 Å². The number of nitrogens with one attached hydrogen (secondary N) is 1. The summed E-state index contributed by atoms with van der Waals surface area (Å²) in [6.45, 7) is 4.49. The molecule has 1 fully saturated rings. The van der Waals surface area contributed by atoms with Crippen LogP contribution in [-0.2, 0) is 48.3 Å². The van der Waals surface area contributed by atoms with E-state index in [4.69, 9.17) is 23.7 Å². The minimum Gasteiger partial charge on any atom is -0.459 e. The summed E-state index contributed by atoms with van der Waals surface area (Å²) in [5.74, 6) is -0.632. The molecule has 0 bridgehead atoms. The summed E-state index contributed by atoms with van der Waals surface area (Å²) >= 11 is 0. The first kappa shape index (κ1) is 31.3. The van der Waals surface area contributed by atoms with Crippen LogP contribution in [0.2, 0.25) is 0 Å². The van der Waals surface area contributed by atoms with Gasteiger partial charge in [-0.25, -0.2) is 4.79 Å². The van der Waals surface area contributed by atoms with Crippen molar-refractivity contribution in [1.29, 1.82) is 0 Å². The number of hydroxylamine groups is 1. The van der Waals surface area contributed by atoms with Crippen molar-refractivity contribution in [3.63, 3.8) is 0 Å². The summed E-state index contributed by atoms with van der Waals surface area (Å²) in [5.41, 5.74) is 5.80. The van der Waals surface area contributed by atoms with Crippen molar-refractivity contribution < 1.29 is 33.7 Å². The Morgan fingerprint density at radius 2 is 1.24 bits per heavy atom. The van der Waals surface area contributed by atoms with Crippen LogP contribution in [0.25, 0.3) is 0 Å². The minimum atomic E-state index is -1.21. The topological polar surface area (TPSA) is 95.5 Å². The average Bonchev–Trinajstić information content (AvgIpc) is 3.04. The second-order valence-electron chi connectivity index (χ2n) is 9.86. The number of carbonyl (C=O) groups is 1. The molecule has 0 amide bonds. The molecule has 4 rings (SSSR count). The highest BCUT2D eigenvalue weighted by Crippen LogP contribution is 2.30. The van der Waals surface area contributed by atoms with Crippen molar-refractivity contribution >= 4 is 5.97 Å². The van der Waals surface area contributed by atoms with E-state index in [1.807, 2.05) is 123 Å². The first-order valence-electron chi connectivity index (χ1n) is 14.1. The number of rotatable bonds is 14. The van der Waals surface area contributed by atoms with Gasteiger partial charge in [-0.2, -0.15) is 5.48 Å². The number of allylic oxidation sites excluding steroid dienone is 2. The highest BCUT2D eigenvalue weighted by molar-refractivity contribution is 5.76. The molecule has 0 aromatic heterocycles. The molecule has 1 saturated heterocycles. The third-order valence-corrected chi connectivity index (χ3v) is 6.89. The predicted octanol–water partition coefficient (Wildman–Crippen LogP) is 5.51. The summed E-state index contributed by atoms with van der Waals surface area (Å²) < 4.78 is 30.9. The molecule has 0 saturated carbocycles. The van der Waals surface area contributed by atoms with Crippen molar-refractivity contribution in [2.24, 2.45) is 0 Å². The molecule has 42 heavy (non-hydrogen) atoms. The Morgan fingerprint density at radius 3 is 1.69 bits per heavy atom. The molecule has 0 spiro atoms. The summed E-state index contributed by atoms with van der Waals surface area (Å²) in [7, 11) is 0. The van der Waals surface area contributed by atoms with Gasteiger partial charge in [-0.3, -0.25) is 0 Å². The molecular formula is C34H39NO7. The zero-order valence-corrected chi connectivity index (χ0v) is 24.0. The second kappa shape index (κ2) is 16.7. The molecule has 1 aliphatic rings. The van der Waals surface area contributed by atoms with E-state index in [2.05, 4.69) is 5.48 Å². The van der Waals surface area contributed by atoms with Crippen LogP contribution in [0.4, 0.5) is 0 Å². The van der Waals surface area contributed by atoms with Gasteiger partial charge in [-0.15, -0.1) is 0 Å². The van der Waals surface area contributed by atoms with E-state index < -0.39 is 36.6 Å². The van der Waals surface area contributed by atoms with E-state index in [1.165, 1.54) is 0 Å². The molecular weight excluding hydrogens is 534 g/mol. The van der Waals surface area contributed by atoms with Gasteiger partial charge in [0.2, 0.25) is 0 Å². The molecule has 1 aliphatic heterocycles. The van der Waals surface area contributed by atoms with Crippen LogP contribution in [0.3, 0.4) is 0 Å². The van der Waals surface area contributed by atoms with Crippen LogP contribution < -0.4 is 5.48 Å². The molecule has 1 heterocycles. The molecule has 3 aromatic carbocycles. The van der Waals surface area contributed by atoms with Crippen LogP contribution >= 0.6 is 0 Å². The number of esters is 1. The fourth-order valence-corrected chi connectivity index (χ4v) is 4.67. The largest absolute Gasteiger partial charge is 0.459 e. The number of hydrogen-bond acceptors (Lipinski definition) is 8. The van der Waals surface area contributed by atoms with Crippen molar-refractivity contribution in [3.05, 3.63) is 131 Å². The standard InChI is InChI=1S/C34H39NO7/c1-3-14-25(4-2)21-41-34(36)32-30(39-23-27-17-10-6-11-18-27)29(38-22-26-15-8-5-9-16-26)31(33(35-37)42-32)40-24-28-19-12-7-13-20-28/h3-20,29-33,35,37H,21-24H2,1-2H3/b14-3-,25-4+/t29-,30-,31+,32-,33?/m0/s1. The van der Waals surface area contributed by atoms with Gasteiger partial charge in [0.1, 0.15) is 24.9 Å². The monoisotopic (exact) mass is 573 g/mol. The zero-order valence-electron chi connectivity index (χ0n) is 24.0. The molecule has 222 valence electrons. The summed E-state index contributed by atoms with van der Waals surface area (Å²) in [6.07, 6.45) is 0.746. The lowest BCUT2D eigenvalue weighted by Gasteiger charge is -2.44. The van der Waals surface area contributed by atoms with E-state index >= 15 is 0 Å². The third-order valence-electron chi connectivity index (χ3n) is 6.89. The number of carbonyl (C=O) groups excluding carboxylic acids is 1. The molecule has 1 unspecified atom stereocenters. The summed E-state index contributed by atoms with van der Waals surface area (Å²) in [5, 5.41) is 10.2. The lowest BCUT2D eigenvalue weighted by molar-refractivity contribution is -0.284. The minimum absolute atomic E-state index is 0.0611. The van der Waals surface area contributed by atoms with Crippen molar-refractivity contribution in [2.75, 3.05) is 6.61 Å². The molecule has 0 aliphatic carbocycles. The smallest absolute Gasteiger partial charge is 0.338 e. The van der Waals surface area contributed by atoms with Crippen LogP contribution in [0.1, 0.15) is 30.5 Å². The van der Waals surface area contributed by atoms with E-state index in [0.29, 0.717) is 0 Å². The second-order valence-corrected chi connectivity index (χ2v) is 9.86. The van der Waals surface area contributed by atoms with Gasteiger partial charge in [0.15, 0.2) is 12.3 Å². The zero-order chi connectivity index (χ0) is 29.6. The SMILES string of the molecule is C/C=C\C(=C/C)COC(=O)[C@H]1OC(NO)[C@H](OCc2ccccc2)[C@@H](OCc2ccccc2)[C@@H]1OCc1ccccc1. The lowest BCUT2D eigenvalue weighted by Crippen LogP contribution is -2.65. The molecule has 0 radical (unpaired) electrons. The maximum absolute atomic E-state index is 13.5. The Hall–Kier alpha value is -3.63. The molecule has 2 N–H and O–H groups in total. The first-order chi connectivity index (χ1) is 20.6. The first-order valence-corrected chi connectivity index (χ1v) is 14.1. The quantitative estimate of drug-likeness (QED) is 0.148. The molecule has 5 atom stereocenters. The Labute approximate surface area is 247 Å². The van der Waals surface area contributed by atoms with E-state index in [0.717, 1.165) is 22.3 Å². The number of hydrogen-bond donors (Lipinski definition) is 2. The molecule has 3 aromatic rings. The van der Waals surface area contributed by atoms with Gasteiger partial charge in [0, 0.05) is 0 Å². The summed E-state index contributed by atoms with van der Waals surface area (Å²) in [6, 6.07) is 29.0. The van der Waals surface area contributed by atoms with Crippen molar-refractivity contribution in [3.8, 4) is 0 Å². The fourth-order valence-electron chi connectivity index (χ4n) is 4.67. The van der Waals surface area contributed by atoms with Gasteiger partial charge in [-0.05, 0) is 36.1 Å². The highest BCUT2D eigenvalue weighted by Gasteiger charge is 2.51. The van der Waals surface area contributed by atoms with Gasteiger partial charge in [0.25, 0.3) is 0 Å². The highest BCUT2D eigenvalue weighted by atomic mass is 16.7. The molecule has 8 heteroatoms. The van der Waals surface area contributed by atoms with Crippen molar-refractivity contribution in [1.82, 2.24) is 5.48 Å². The Bertz CT molecular complexity index is 1270. The lowest BCUT2D eigenvalue weighted by atomic mass is 9.96. The third kappa shape index (κ3) is 8.93. The fraction of sp³-hybridized carbons (Fsp3) is 0.324. The van der Waals surface area contributed by atoms with E-state index in [1.54, 1.807) is 0 Å². The van der Waals surface area contributed by atoms with E-state index in [-0.39, 0.29) is 26.4 Å². The Balaban J connectivity index is 1.63. The van der Waals surface area contributed by atoms with Crippen LogP contribution in [0.5, 0.6) is 0 Å². The Morgan fingerprint density at radius 1 is 0.762 bits per heavy atom. The average molecular weight is 574 g/mol. The maximum Gasteiger partial charge on any atom is 0.338 e. The normalized spacial score (nSPS) is 22.7. The van der Waals surface area contributed by atoms with Crippen molar-refractivity contribution in [2.45, 2.75) is 64.3 Å². The van der Waals surface area contributed by atoms with Crippen LogP contribution in [0.15, 0.2) is 115 Å². The van der Waals surface area contributed by atoms with Gasteiger partial charge in [-0.1, -0.05) is 109 Å². The Kier molecular flexibility index (Phi) is 12.5. The van der Waals surface area contributed by atoms with Gasteiger partial charge in [0.05, 0.1) is 19.8 Å². The number of benzene rings is 3. The summed E-state index contributed by atoms with van der Waals surface area (Å²) in [4.78, 5) is 13.5. The predicted molar refractivity (Wildman–Crippen MR) is 158 cm³/mol. The van der Waals surface area contributed by atoms with Crippen LogP contribution in [0, 0.1) is 0 Å². The number of ether oxygens (including phenoxy) is 5. The maximum atomic E-state index is 13.5. The molecule has 8 nitrogen and oxygen atoms in total. The van der Waals surface area contributed by atoms with Gasteiger partial charge >= 0.3 is 5.97 Å².